The van der Waals surface area contributed by atoms with E-state index in [9.17, 15) is 0 Å². The molecular weight excluding hydrogens is 420 g/mol. The molecule has 3 N–H and O–H groups in total. The van der Waals surface area contributed by atoms with Crippen molar-refractivity contribution in [2.45, 2.75) is 50.6 Å². The minimum atomic E-state index is 0.407. The molecule has 1 aliphatic heterocycles. The number of rotatable bonds is 6. The van der Waals surface area contributed by atoms with Gasteiger partial charge in [-0.25, -0.2) is 9.97 Å². The fraction of sp³-hybridized carbons (Fsp3) is 0.520. The molecule has 2 aliphatic rings. The van der Waals surface area contributed by atoms with Crippen LogP contribution in [0.4, 0.5) is 5.95 Å². The summed E-state index contributed by atoms with van der Waals surface area (Å²) in [5.74, 6) is 1.38. The standard InChI is InChI=1S/C25H33ClN6/c1-32-11-9-18(10-12-32)27-14-17-5-4-6-19(13-17)30-25-29-16-22(26)24(31-25)21-15-28-23-8-3-2-7-20(21)23/h2-3,7-8,15-19,27-28H,4-6,9-14H2,1H3,(H,29,30,31)/t17-,19+/m0/s1. The number of anilines is 1. The van der Waals surface area contributed by atoms with Crippen molar-refractivity contribution >= 4 is 28.5 Å². The van der Waals surface area contributed by atoms with Crippen molar-refractivity contribution in [1.29, 1.82) is 0 Å². The first-order chi connectivity index (χ1) is 15.7. The molecule has 32 heavy (non-hydrogen) atoms. The van der Waals surface area contributed by atoms with Crippen LogP contribution in [0.3, 0.4) is 0 Å². The maximum absolute atomic E-state index is 6.50. The number of likely N-dealkylation sites (tertiary alicyclic amines) is 1. The number of halogens is 1. The highest BCUT2D eigenvalue weighted by atomic mass is 35.5. The van der Waals surface area contributed by atoms with Gasteiger partial charge in [0.2, 0.25) is 5.95 Å². The van der Waals surface area contributed by atoms with E-state index in [2.05, 4.69) is 44.7 Å². The van der Waals surface area contributed by atoms with Crippen LogP contribution in [0, 0.1) is 5.92 Å². The van der Waals surface area contributed by atoms with Crippen LogP contribution < -0.4 is 10.6 Å². The van der Waals surface area contributed by atoms with E-state index in [4.69, 9.17) is 16.6 Å². The molecule has 2 fully saturated rings. The lowest BCUT2D eigenvalue weighted by molar-refractivity contribution is 0.221. The molecule has 0 bridgehead atoms. The number of aromatic amines is 1. The maximum atomic E-state index is 6.50. The van der Waals surface area contributed by atoms with Crippen molar-refractivity contribution in [3.8, 4) is 11.3 Å². The normalized spacial score (nSPS) is 22.9. The zero-order chi connectivity index (χ0) is 21.9. The van der Waals surface area contributed by atoms with Gasteiger partial charge in [-0.1, -0.05) is 36.2 Å². The van der Waals surface area contributed by atoms with Gasteiger partial charge in [-0.2, -0.15) is 0 Å². The van der Waals surface area contributed by atoms with Crippen molar-refractivity contribution in [1.82, 2.24) is 25.2 Å². The summed E-state index contributed by atoms with van der Waals surface area (Å²) in [4.78, 5) is 15.0. The van der Waals surface area contributed by atoms with Crippen molar-refractivity contribution in [3.05, 3.63) is 41.7 Å². The number of para-hydroxylation sites is 1. The number of aromatic nitrogens is 3. The average Bonchev–Trinajstić information content (AvgIpc) is 3.24. The molecule has 6 nitrogen and oxygen atoms in total. The largest absolute Gasteiger partial charge is 0.360 e. The van der Waals surface area contributed by atoms with Gasteiger partial charge in [0.25, 0.3) is 0 Å². The van der Waals surface area contributed by atoms with Gasteiger partial charge in [0, 0.05) is 34.7 Å². The molecule has 2 aromatic heterocycles. The highest BCUT2D eigenvalue weighted by Gasteiger charge is 2.24. The van der Waals surface area contributed by atoms with Gasteiger partial charge in [0.05, 0.1) is 16.9 Å². The average molecular weight is 453 g/mol. The van der Waals surface area contributed by atoms with E-state index in [0.717, 1.165) is 35.1 Å². The Morgan fingerprint density at radius 2 is 1.97 bits per heavy atom. The topological polar surface area (TPSA) is 68.9 Å². The van der Waals surface area contributed by atoms with E-state index < -0.39 is 0 Å². The molecule has 5 rings (SSSR count). The van der Waals surface area contributed by atoms with E-state index in [1.54, 1.807) is 6.20 Å². The minimum Gasteiger partial charge on any atom is -0.360 e. The first-order valence-corrected chi connectivity index (χ1v) is 12.3. The molecule has 7 heteroatoms. The lowest BCUT2D eigenvalue weighted by Gasteiger charge is -2.33. The lowest BCUT2D eigenvalue weighted by Crippen LogP contribution is -2.43. The molecule has 1 saturated heterocycles. The van der Waals surface area contributed by atoms with Gasteiger partial charge in [-0.3, -0.25) is 0 Å². The molecule has 3 heterocycles. The number of H-pyrrole nitrogens is 1. The first-order valence-electron chi connectivity index (χ1n) is 11.9. The zero-order valence-corrected chi connectivity index (χ0v) is 19.5. The summed E-state index contributed by atoms with van der Waals surface area (Å²) in [6, 6.07) is 9.31. The summed E-state index contributed by atoms with van der Waals surface area (Å²) in [6.07, 6.45) is 11.1. The smallest absolute Gasteiger partial charge is 0.223 e. The second-order valence-electron chi connectivity index (χ2n) is 9.50. The molecule has 170 valence electrons. The van der Waals surface area contributed by atoms with Gasteiger partial charge in [-0.05, 0) is 70.8 Å². The number of hydrogen-bond acceptors (Lipinski definition) is 5. The molecule has 1 aliphatic carbocycles. The molecule has 0 unspecified atom stereocenters. The molecule has 0 spiro atoms. The molecule has 3 aromatic rings. The van der Waals surface area contributed by atoms with E-state index in [0.29, 0.717) is 29.0 Å². The number of piperidine rings is 1. The number of benzene rings is 1. The summed E-state index contributed by atoms with van der Waals surface area (Å²) >= 11 is 6.50. The predicted octanol–water partition coefficient (Wildman–Crippen LogP) is 4.93. The van der Waals surface area contributed by atoms with Crippen molar-refractivity contribution in [2.24, 2.45) is 5.92 Å². The van der Waals surface area contributed by atoms with E-state index >= 15 is 0 Å². The molecule has 1 aromatic carbocycles. The van der Waals surface area contributed by atoms with Gasteiger partial charge < -0.3 is 20.5 Å². The SMILES string of the molecule is CN1CCC(NC[C@H]2CCC[C@@H](Nc3ncc(Cl)c(-c4c[nH]c5ccccc45)n3)C2)CC1. The maximum Gasteiger partial charge on any atom is 0.223 e. The number of nitrogens with zero attached hydrogens (tertiary/aromatic N) is 3. The summed E-state index contributed by atoms with van der Waals surface area (Å²) in [5, 5.41) is 9.14. The van der Waals surface area contributed by atoms with Crippen LogP contribution in [0.2, 0.25) is 5.02 Å². The second kappa shape index (κ2) is 9.77. The van der Waals surface area contributed by atoms with Crippen LogP contribution in [0.1, 0.15) is 38.5 Å². The number of hydrogen-bond donors (Lipinski definition) is 3. The van der Waals surface area contributed by atoms with Crippen LogP contribution in [0.15, 0.2) is 36.7 Å². The fourth-order valence-electron chi connectivity index (χ4n) is 5.23. The van der Waals surface area contributed by atoms with Crippen molar-refractivity contribution in [2.75, 3.05) is 32.0 Å². The van der Waals surface area contributed by atoms with Crippen LogP contribution in [0.5, 0.6) is 0 Å². The second-order valence-corrected chi connectivity index (χ2v) is 9.90. The van der Waals surface area contributed by atoms with Crippen LogP contribution in [0.25, 0.3) is 22.2 Å². The Morgan fingerprint density at radius 1 is 1.12 bits per heavy atom. The van der Waals surface area contributed by atoms with E-state index in [1.165, 1.54) is 45.2 Å². The zero-order valence-electron chi connectivity index (χ0n) is 18.8. The quantitative estimate of drug-likeness (QED) is 0.494. The fourth-order valence-corrected chi connectivity index (χ4v) is 5.42. The van der Waals surface area contributed by atoms with E-state index in [-0.39, 0.29) is 0 Å². The Hall–Kier alpha value is -2.15. The number of fused-ring (bicyclic) bond motifs is 1. The van der Waals surface area contributed by atoms with Gasteiger partial charge in [-0.15, -0.1) is 0 Å². The van der Waals surface area contributed by atoms with Gasteiger partial charge in [0.1, 0.15) is 0 Å². The monoisotopic (exact) mass is 452 g/mol. The van der Waals surface area contributed by atoms with Gasteiger partial charge in [0.15, 0.2) is 0 Å². The Morgan fingerprint density at radius 3 is 2.84 bits per heavy atom. The van der Waals surface area contributed by atoms with E-state index in [1.807, 2.05) is 18.3 Å². The molecule has 2 atom stereocenters. The third-order valence-electron chi connectivity index (χ3n) is 7.12. The van der Waals surface area contributed by atoms with Crippen LogP contribution >= 0.6 is 11.6 Å². The Kier molecular flexibility index (Phi) is 6.62. The predicted molar refractivity (Wildman–Crippen MR) is 132 cm³/mol. The van der Waals surface area contributed by atoms with Crippen molar-refractivity contribution < 1.29 is 0 Å². The Bertz CT molecular complexity index is 1040. The lowest BCUT2D eigenvalue weighted by atomic mass is 9.85. The summed E-state index contributed by atoms with van der Waals surface area (Å²) in [6.45, 7) is 3.53. The Labute approximate surface area is 195 Å². The Balaban J connectivity index is 1.23. The molecule has 1 saturated carbocycles. The third kappa shape index (κ3) is 4.92. The molecule has 0 amide bonds. The molecule has 0 radical (unpaired) electrons. The highest BCUT2D eigenvalue weighted by Crippen LogP contribution is 2.33. The highest BCUT2D eigenvalue weighted by molar-refractivity contribution is 6.33. The minimum absolute atomic E-state index is 0.407. The summed E-state index contributed by atoms with van der Waals surface area (Å²) in [5.41, 5.74) is 2.87. The van der Waals surface area contributed by atoms with Crippen LogP contribution in [-0.2, 0) is 0 Å². The van der Waals surface area contributed by atoms with Gasteiger partial charge >= 0.3 is 0 Å². The number of nitrogens with one attached hydrogen (secondary N) is 3. The third-order valence-corrected chi connectivity index (χ3v) is 7.39. The summed E-state index contributed by atoms with van der Waals surface area (Å²) < 4.78 is 0. The van der Waals surface area contributed by atoms with Crippen LogP contribution in [-0.4, -0.2) is 58.6 Å². The molecular formula is C25H33ClN6. The first kappa shape index (κ1) is 21.7. The van der Waals surface area contributed by atoms with Crippen molar-refractivity contribution in [3.63, 3.8) is 0 Å². The summed E-state index contributed by atoms with van der Waals surface area (Å²) in [7, 11) is 2.22.